The van der Waals surface area contributed by atoms with Crippen LogP contribution in [0.25, 0.3) is 0 Å². The number of ether oxygens (including phenoxy) is 1. The lowest BCUT2D eigenvalue weighted by Gasteiger charge is -2.22. The third-order valence-corrected chi connectivity index (χ3v) is 3.93. The summed E-state index contributed by atoms with van der Waals surface area (Å²) in [6.45, 7) is 1.71. The van der Waals surface area contributed by atoms with Crippen molar-refractivity contribution in [2.75, 3.05) is 18.5 Å². The fourth-order valence-corrected chi connectivity index (χ4v) is 2.71. The summed E-state index contributed by atoms with van der Waals surface area (Å²) in [6.07, 6.45) is 4.90. The fourth-order valence-electron chi connectivity index (χ4n) is 2.19. The molecule has 1 heterocycles. The van der Waals surface area contributed by atoms with Crippen molar-refractivity contribution in [2.45, 2.75) is 31.8 Å². The second-order valence-electron chi connectivity index (χ2n) is 4.70. The van der Waals surface area contributed by atoms with Crippen LogP contribution < -0.4 is 5.32 Å². The maximum absolute atomic E-state index is 10.8. The van der Waals surface area contributed by atoms with Crippen molar-refractivity contribution in [3.63, 3.8) is 0 Å². The van der Waals surface area contributed by atoms with Gasteiger partial charge < -0.3 is 15.2 Å². The van der Waals surface area contributed by atoms with Gasteiger partial charge in [0.25, 0.3) is 0 Å². The molecule has 1 saturated heterocycles. The molecule has 1 atom stereocenters. The molecule has 1 aliphatic rings. The molecule has 0 spiro atoms. The Balaban J connectivity index is 1.83. The number of nitrogens with one attached hydrogen (secondary N) is 1. The molecule has 0 radical (unpaired) electrons. The molecule has 19 heavy (non-hydrogen) atoms. The van der Waals surface area contributed by atoms with Crippen LogP contribution in [0.15, 0.2) is 22.7 Å². The Bertz CT molecular complexity index is 444. The van der Waals surface area contributed by atoms with Gasteiger partial charge in [0.15, 0.2) is 0 Å². The first kappa shape index (κ1) is 14.3. The van der Waals surface area contributed by atoms with Gasteiger partial charge in [-0.3, -0.25) is 0 Å². The molecule has 0 amide bonds. The minimum Gasteiger partial charge on any atom is -0.478 e. The smallest absolute Gasteiger partial charge is 0.335 e. The Labute approximate surface area is 121 Å². The monoisotopic (exact) mass is 327 g/mol. The maximum atomic E-state index is 10.8. The Hall–Kier alpha value is -1.07. The molecule has 0 aromatic heterocycles. The fraction of sp³-hybridized carbons (Fsp3) is 0.500. The first-order chi connectivity index (χ1) is 9.16. The van der Waals surface area contributed by atoms with E-state index in [9.17, 15) is 4.79 Å². The number of benzene rings is 1. The van der Waals surface area contributed by atoms with Gasteiger partial charge in [-0.15, -0.1) is 0 Å². The summed E-state index contributed by atoms with van der Waals surface area (Å²) < 4.78 is 6.44. The standard InChI is InChI=1S/C14H18BrNO3/c15-12-9-10(14(17)18)4-5-13(12)16-7-6-11-3-1-2-8-19-11/h4-5,9,11,16H,1-3,6-8H2,(H,17,18). The molecule has 1 aliphatic heterocycles. The zero-order chi connectivity index (χ0) is 13.7. The van der Waals surface area contributed by atoms with Gasteiger partial charge in [0.1, 0.15) is 0 Å². The molecular weight excluding hydrogens is 310 g/mol. The van der Waals surface area contributed by atoms with Gasteiger partial charge in [-0.2, -0.15) is 0 Å². The van der Waals surface area contributed by atoms with Crippen LogP contribution in [-0.2, 0) is 4.74 Å². The number of hydrogen-bond acceptors (Lipinski definition) is 3. The predicted octanol–water partition coefficient (Wildman–Crippen LogP) is 3.52. The van der Waals surface area contributed by atoms with Crippen molar-refractivity contribution in [1.29, 1.82) is 0 Å². The quantitative estimate of drug-likeness (QED) is 0.868. The van der Waals surface area contributed by atoms with E-state index in [0.29, 0.717) is 6.10 Å². The Morgan fingerprint density at radius 3 is 2.95 bits per heavy atom. The SMILES string of the molecule is O=C(O)c1ccc(NCCC2CCCCO2)c(Br)c1. The molecule has 1 aromatic carbocycles. The molecular formula is C14H18BrNO3. The minimum absolute atomic E-state index is 0.285. The largest absolute Gasteiger partial charge is 0.478 e. The first-order valence-corrected chi connectivity index (χ1v) is 7.34. The number of hydrogen-bond donors (Lipinski definition) is 2. The summed E-state index contributed by atoms with van der Waals surface area (Å²) >= 11 is 3.38. The molecule has 2 N–H and O–H groups in total. The van der Waals surface area contributed by atoms with E-state index in [-0.39, 0.29) is 5.56 Å². The Morgan fingerprint density at radius 1 is 1.47 bits per heavy atom. The molecule has 104 valence electrons. The van der Waals surface area contributed by atoms with Crippen LogP contribution in [0.2, 0.25) is 0 Å². The Morgan fingerprint density at radius 2 is 2.32 bits per heavy atom. The number of rotatable bonds is 5. The molecule has 5 heteroatoms. The van der Waals surface area contributed by atoms with Crippen molar-refractivity contribution in [2.24, 2.45) is 0 Å². The number of carbonyl (C=O) groups is 1. The van der Waals surface area contributed by atoms with E-state index in [1.807, 2.05) is 0 Å². The Kier molecular flexibility index (Phi) is 5.22. The highest BCUT2D eigenvalue weighted by atomic mass is 79.9. The van der Waals surface area contributed by atoms with Crippen molar-refractivity contribution < 1.29 is 14.6 Å². The summed E-state index contributed by atoms with van der Waals surface area (Å²) in [5.41, 5.74) is 1.20. The van der Waals surface area contributed by atoms with Crippen LogP contribution in [0.3, 0.4) is 0 Å². The topological polar surface area (TPSA) is 58.6 Å². The van der Waals surface area contributed by atoms with Crippen molar-refractivity contribution in [1.82, 2.24) is 0 Å². The highest BCUT2D eigenvalue weighted by Crippen LogP contribution is 2.24. The van der Waals surface area contributed by atoms with Crippen LogP contribution in [0.1, 0.15) is 36.0 Å². The van der Waals surface area contributed by atoms with Crippen LogP contribution in [0.5, 0.6) is 0 Å². The highest BCUT2D eigenvalue weighted by Gasteiger charge is 2.13. The number of aromatic carboxylic acids is 1. The lowest BCUT2D eigenvalue weighted by molar-refractivity contribution is 0.0134. The summed E-state index contributed by atoms with van der Waals surface area (Å²) in [5.74, 6) is -0.914. The van der Waals surface area contributed by atoms with Gasteiger partial charge in [0.05, 0.1) is 11.7 Å². The van der Waals surface area contributed by atoms with Crippen LogP contribution in [0.4, 0.5) is 5.69 Å². The highest BCUT2D eigenvalue weighted by molar-refractivity contribution is 9.10. The number of anilines is 1. The van der Waals surface area contributed by atoms with E-state index >= 15 is 0 Å². The zero-order valence-electron chi connectivity index (χ0n) is 10.7. The minimum atomic E-state index is -0.914. The van der Waals surface area contributed by atoms with E-state index in [1.165, 1.54) is 12.8 Å². The predicted molar refractivity (Wildman–Crippen MR) is 77.8 cm³/mol. The normalized spacial score (nSPS) is 19.1. The van der Waals surface area contributed by atoms with Crippen molar-refractivity contribution >= 4 is 27.6 Å². The number of carboxylic acids is 1. The van der Waals surface area contributed by atoms with Gasteiger partial charge in [-0.1, -0.05) is 0 Å². The van der Waals surface area contributed by atoms with Gasteiger partial charge in [-0.05, 0) is 59.8 Å². The van der Waals surface area contributed by atoms with Crippen LogP contribution in [0, 0.1) is 0 Å². The summed E-state index contributed by atoms with van der Waals surface area (Å²) in [4.78, 5) is 10.8. The molecule has 4 nitrogen and oxygen atoms in total. The average Bonchev–Trinajstić information content (AvgIpc) is 2.41. The summed E-state index contributed by atoms with van der Waals surface area (Å²) in [7, 11) is 0. The molecule has 1 fully saturated rings. The molecule has 2 rings (SSSR count). The van der Waals surface area contributed by atoms with E-state index in [0.717, 1.165) is 36.2 Å². The second-order valence-corrected chi connectivity index (χ2v) is 5.56. The van der Waals surface area contributed by atoms with Gasteiger partial charge in [-0.25, -0.2) is 4.79 Å². The van der Waals surface area contributed by atoms with Gasteiger partial charge in [0.2, 0.25) is 0 Å². The van der Waals surface area contributed by atoms with E-state index in [1.54, 1.807) is 18.2 Å². The van der Waals surface area contributed by atoms with E-state index in [2.05, 4.69) is 21.2 Å². The van der Waals surface area contributed by atoms with E-state index in [4.69, 9.17) is 9.84 Å². The third kappa shape index (κ3) is 4.21. The molecule has 0 saturated carbocycles. The van der Waals surface area contributed by atoms with Crippen molar-refractivity contribution in [3.05, 3.63) is 28.2 Å². The molecule has 0 bridgehead atoms. The van der Waals surface area contributed by atoms with Crippen molar-refractivity contribution in [3.8, 4) is 0 Å². The average molecular weight is 328 g/mol. The summed E-state index contributed by atoms with van der Waals surface area (Å²) in [6, 6.07) is 5.00. The number of carboxylic acid groups (broad SMARTS) is 1. The first-order valence-electron chi connectivity index (χ1n) is 6.55. The van der Waals surface area contributed by atoms with Gasteiger partial charge >= 0.3 is 5.97 Å². The van der Waals surface area contributed by atoms with Crippen LogP contribution in [-0.4, -0.2) is 30.3 Å². The number of halogens is 1. The van der Waals surface area contributed by atoms with E-state index < -0.39 is 5.97 Å². The molecule has 1 unspecified atom stereocenters. The van der Waals surface area contributed by atoms with Crippen LogP contribution >= 0.6 is 15.9 Å². The maximum Gasteiger partial charge on any atom is 0.335 e. The third-order valence-electron chi connectivity index (χ3n) is 3.27. The lowest BCUT2D eigenvalue weighted by atomic mass is 10.1. The lowest BCUT2D eigenvalue weighted by Crippen LogP contribution is -2.22. The zero-order valence-corrected chi connectivity index (χ0v) is 12.3. The summed E-state index contributed by atoms with van der Waals surface area (Å²) in [5, 5.41) is 12.2. The molecule has 0 aliphatic carbocycles. The second kappa shape index (κ2) is 6.91. The molecule has 1 aromatic rings. The van der Waals surface area contributed by atoms with Gasteiger partial charge in [0, 0.05) is 23.3 Å².